The van der Waals surface area contributed by atoms with Crippen LogP contribution in [-0.4, -0.2) is 52.7 Å². The predicted octanol–water partition coefficient (Wildman–Crippen LogP) is 0.815. The smallest absolute Gasteiger partial charge is 0.339 e. The van der Waals surface area contributed by atoms with Crippen molar-refractivity contribution in [1.82, 2.24) is 0 Å². The number of carbonyl (C=O) groups is 2. The van der Waals surface area contributed by atoms with Gasteiger partial charge in [0.05, 0.1) is 29.4 Å². The Balaban J connectivity index is 3.16. The van der Waals surface area contributed by atoms with Gasteiger partial charge in [-0.1, -0.05) is 12.1 Å². The molecule has 128 valence electrons. The SMILES string of the molecule is CC(O)COC(=O)c1cccc(C(C)O)c1C(=O)OCC(C)O. The molecular weight excluding hydrogens is 304 g/mol. The van der Waals surface area contributed by atoms with Crippen LogP contribution in [-0.2, 0) is 9.47 Å². The number of ether oxygens (including phenoxy) is 2. The van der Waals surface area contributed by atoms with Crippen molar-refractivity contribution in [1.29, 1.82) is 0 Å². The van der Waals surface area contributed by atoms with Gasteiger partial charge in [0, 0.05) is 0 Å². The second-order valence-electron chi connectivity index (χ2n) is 5.34. The van der Waals surface area contributed by atoms with E-state index < -0.39 is 30.3 Å². The third-order valence-electron chi connectivity index (χ3n) is 2.88. The lowest BCUT2D eigenvalue weighted by molar-refractivity contribution is 0.0254. The number of hydrogen-bond donors (Lipinski definition) is 3. The summed E-state index contributed by atoms with van der Waals surface area (Å²) in [5, 5.41) is 28.2. The number of hydrogen-bond acceptors (Lipinski definition) is 7. The first-order valence-corrected chi connectivity index (χ1v) is 7.25. The van der Waals surface area contributed by atoms with E-state index >= 15 is 0 Å². The number of aliphatic hydroxyl groups excluding tert-OH is 3. The third kappa shape index (κ3) is 5.63. The zero-order chi connectivity index (χ0) is 17.6. The maximum atomic E-state index is 12.2. The highest BCUT2D eigenvalue weighted by molar-refractivity contribution is 6.04. The predicted molar refractivity (Wildman–Crippen MR) is 81.0 cm³/mol. The largest absolute Gasteiger partial charge is 0.459 e. The Kier molecular flexibility index (Phi) is 7.15. The zero-order valence-electron chi connectivity index (χ0n) is 13.4. The van der Waals surface area contributed by atoms with E-state index in [1.165, 1.54) is 39.0 Å². The fourth-order valence-electron chi connectivity index (χ4n) is 1.86. The van der Waals surface area contributed by atoms with Gasteiger partial charge in [-0.2, -0.15) is 0 Å². The van der Waals surface area contributed by atoms with Crippen LogP contribution in [0.3, 0.4) is 0 Å². The van der Waals surface area contributed by atoms with E-state index in [-0.39, 0.29) is 29.9 Å². The molecule has 0 saturated carbocycles. The second kappa shape index (κ2) is 8.61. The summed E-state index contributed by atoms with van der Waals surface area (Å²) in [6, 6.07) is 4.37. The lowest BCUT2D eigenvalue weighted by atomic mass is 9.97. The van der Waals surface area contributed by atoms with Gasteiger partial charge < -0.3 is 24.8 Å². The van der Waals surface area contributed by atoms with E-state index in [4.69, 9.17) is 9.47 Å². The monoisotopic (exact) mass is 326 g/mol. The lowest BCUT2D eigenvalue weighted by Gasteiger charge is -2.16. The highest BCUT2D eigenvalue weighted by atomic mass is 16.5. The summed E-state index contributed by atoms with van der Waals surface area (Å²) < 4.78 is 9.85. The molecule has 0 spiro atoms. The average molecular weight is 326 g/mol. The molecule has 0 aliphatic rings. The normalized spacial score (nSPS) is 14.7. The van der Waals surface area contributed by atoms with Crippen LogP contribution in [0, 0.1) is 0 Å². The minimum atomic E-state index is -1.01. The first-order chi connectivity index (χ1) is 10.7. The maximum Gasteiger partial charge on any atom is 0.339 e. The molecule has 23 heavy (non-hydrogen) atoms. The van der Waals surface area contributed by atoms with Crippen molar-refractivity contribution >= 4 is 11.9 Å². The maximum absolute atomic E-state index is 12.2. The van der Waals surface area contributed by atoms with Crippen molar-refractivity contribution in [2.45, 2.75) is 39.1 Å². The number of rotatable bonds is 7. The molecule has 1 aromatic rings. The molecule has 0 saturated heterocycles. The van der Waals surface area contributed by atoms with Crippen molar-refractivity contribution < 1.29 is 34.4 Å². The number of esters is 2. The van der Waals surface area contributed by atoms with Crippen LogP contribution in [0.2, 0.25) is 0 Å². The Labute approximate surface area is 134 Å². The Bertz CT molecular complexity index is 549. The van der Waals surface area contributed by atoms with Crippen LogP contribution >= 0.6 is 0 Å². The topological polar surface area (TPSA) is 113 Å². The van der Waals surface area contributed by atoms with Crippen LogP contribution in [0.1, 0.15) is 53.2 Å². The number of benzene rings is 1. The Morgan fingerprint density at radius 2 is 1.48 bits per heavy atom. The van der Waals surface area contributed by atoms with Gasteiger partial charge in [-0.3, -0.25) is 0 Å². The van der Waals surface area contributed by atoms with Crippen LogP contribution in [0.4, 0.5) is 0 Å². The van der Waals surface area contributed by atoms with Gasteiger partial charge in [0.15, 0.2) is 0 Å². The Morgan fingerprint density at radius 1 is 0.957 bits per heavy atom. The lowest BCUT2D eigenvalue weighted by Crippen LogP contribution is -2.22. The minimum absolute atomic E-state index is 0.0698. The van der Waals surface area contributed by atoms with Crippen LogP contribution in [0.15, 0.2) is 18.2 Å². The molecule has 3 N–H and O–H groups in total. The Morgan fingerprint density at radius 3 is 1.96 bits per heavy atom. The first-order valence-electron chi connectivity index (χ1n) is 7.25. The molecule has 0 fully saturated rings. The number of carbonyl (C=O) groups excluding carboxylic acids is 2. The van der Waals surface area contributed by atoms with Crippen molar-refractivity contribution in [3.8, 4) is 0 Å². The molecule has 0 aromatic heterocycles. The number of aliphatic hydroxyl groups is 3. The fraction of sp³-hybridized carbons (Fsp3) is 0.500. The second-order valence-corrected chi connectivity index (χ2v) is 5.34. The van der Waals surface area contributed by atoms with Crippen LogP contribution in [0.25, 0.3) is 0 Å². The quantitative estimate of drug-likeness (QED) is 0.636. The summed E-state index contributed by atoms with van der Waals surface area (Å²) in [7, 11) is 0. The molecule has 0 amide bonds. The molecule has 0 radical (unpaired) electrons. The molecule has 0 bridgehead atoms. The van der Waals surface area contributed by atoms with Gasteiger partial charge in [0.2, 0.25) is 0 Å². The summed E-state index contributed by atoms with van der Waals surface area (Å²) >= 11 is 0. The fourth-order valence-corrected chi connectivity index (χ4v) is 1.86. The van der Waals surface area contributed by atoms with Gasteiger partial charge in [0.1, 0.15) is 13.2 Å². The van der Waals surface area contributed by atoms with Gasteiger partial charge in [-0.15, -0.1) is 0 Å². The summed E-state index contributed by atoms with van der Waals surface area (Å²) in [5.41, 5.74) is 0.0328. The summed E-state index contributed by atoms with van der Waals surface area (Å²) in [6.07, 6.45) is -2.71. The highest BCUT2D eigenvalue weighted by Gasteiger charge is 2.25. The molecule has 7 heteroatoms. The summed E-state index contributed by atoms with van der Waals surface area (Å²) in [6.45, 7) is 3.89. The van der Waals surface area contributed by atoms with E-state index in [0.717, 1.165) is 0 Å². The van der Waals surface area contributed by atoms with Gasteiger partial charge >= 0.3 is 11.9 Å². The van der Waals surface area contributed by atoms with Gasteiger partial charge in [0.25, 0.3) is 0 Å². The molecular formula is C16H22O7. The first kappa shape index (κ1) is 19.1. The molecule has 1 rings (SSSR count). The molecule has 3 atom stereocenters. The molecule has 1 aromatic carbocycles. The van der Waals surface area contributed by atoms with E-state index in [0.29, 0.717) is 0 Å². The Hall–Kier alpha value is -1.96. The zero-order valence-corrected chi connectivity index (χ0v) is 13.4. The molecule has 3 unspecified atom stereocenters. The summed E-state index contributed by atoms with van der Waals surface area (Å²) in [5.74, 6) is -1.65. The van der Waals surface area contributed by atoms with Crippen molar-refractivity contribution in [2.24, 2.45) is 0 Å². The third-order valence-corrected chi connectivity index (χ3v) is 2.88. The molecule has 0 aliphatic carbocycles. The van der Waals surface area contributed by atoms with Crippen LogP contribution in [0.5, 0.6) is 0 Å². The van der Waals surface area contributed by atoms with Crippen molar-refractivity contribution in [3.05, 3.63) is 34.9 Å². The van der Waals surface area contributed by atoms with E-state index in [1.807, 2.05) is 0 Å². The van der Waals surface area contributed by atoms with E-state index in [1.54, 1.807) is 0 Å². The van der Waals surface area contributed by atoms with Crippen molar-refractivity contribution in [3.63, 3.8) is 0 Å². The van der Waals surface area contributed by atoms with Gasteiger partial charge in [-0.25, -0.2) is 9.59 Å². The standard InChI is InChI=1S/C16H22O7/c1-9(17)7-22-15(20)13-6-4-5-12(11(3)19)14(13)16(21)23-8-10(2)18/h4-6,9-11,17-19H,7-8H2,1-3H3. The van der Waals surface area contributed by atoms with Gasteiger partial charge in [-0.05, 0) is 32.4 Å². The van der Waals surface area contributed by atoms with Crippen molar-refractivity contribution in [2.75, 3.05) is 13.2 Å². The molecule has 7 nitrogen and oxygen atoms in total. The van der Waals surface area contributed by atoms with E-state index in [2.05, 4.69) is 0 Å². The molecule has 0 aliphatic heterocycles. The molecule has 0 heterocycles. The average Bonchev–Trinajstić information content (AvgIpc) is 2.49. The summed E-state index contributed by atoms with van der Waals surface area (Å²) in [4.78, 5) is 24.4. The van der Waals surface area contributed by atoms with E-state index in [9.17, 15) is 24.9 Å². The minimum Gasteiger partial charge on any atom is -0.459 e. The van der Waals surface area contributed by atoms with Crippen LogP contribution < -0.4 is 0 Å². The highest BCUT2D eigenvalue weighted by Crippen LogP contribution is 2.23.